The number of nitrogens with zero attached hydrogens (tertiary/aromatic N) is 4. The number of hydrogen-bond donors (Lipinski definition) is 2. The third kappa shape index (κ3) is 5.82. The molecule has 0 amide bonds. The second-order valence-electron chi connectivity index (χ2n) is 8.69. The number of ether oxygens (including phenoxy) is 1. The number of aromatic nitrogens is 4. The van der Waals surface area contributed by atoms with Gasteiger partial charge in [0.15, 0.2) is 5.78 Å². The molecule has 0 atom stereocenters. The lowest BCUT2D eigenvalue weighted by Gasteiger charge is -2.26. The zero-order valence-electron chi connectivity index (χ0n) is 19.8. The third-order valence-electron chi connectivity index (χ3n) is 6.07. The van der Waals surface area contributed by atoms with E-state index in [9.17, 15) is 14.0 Å². The Hall–Kier alpha value is -3.73. The lowest BCUT2D eigenvalue weighted by Crippen LogP contribution is -2.37. The Morgan fingerprint density at radius 1 is 1.14 bits per heavy atom. The zero-order chi connectivity index (χ0) is 25.8. The lowest BCUT2D eigenvalue weighted by atomic mass is 10.0. The Balaban J connectivity index is 1.18. The predicted molar refractivity (Wildman–Crippen MR) is 136 cm³/mol. The number of aromatic amines is 1. The van der Waals surface area contributed by atoms with E-state index in [-0.39, 0.29) is 23.0 Å². The van der Waals surface area contributed by atoms with Crippen molar-refractivity contribution in [1.29, 1.82) is 0 Å². The van der Waals surface area contributed by atoms with Gasteiger partial charge in [0.1, 0.15) is 29.5 Å². The van der Waals surface area contributed by atoms with E-state index in [4.69, 9.17) is 16.3 Å². The minimum Gasteiger partial charge on any atom is -0.486 e. The summed E-state index contributed by atoms with van der Waals surface area (Å²) in [6.07, 6.45) is 4.12. The van der Waals surface area contributed by atoms with Crippen molar-refractivity contribution < 1.29 is 13.9 Å². The molecule has 0 saturated carbocycles. The molecule has 0 fully saturated rings. The Labute approximate surface area is 216 Å². The van der Waals surface area contributed by atoms with Crippen LogP contribution in [0.3, 0.4) is 0 Å². The van der Waals surface area contributed by atoms with E-state index in [1.54, 1.807) is 24.5 Å². The Bertz CT molecular complexity index is 1510. The van der Waals surface area contributed by atoms with Crippen molar-refractivity contribution in [3.63, 3.8) is 0 Å². The number of carbonyl (C=O) groups excluding carboxylic acids is 1. The smallest absolute Gasteiger partial charge is 0.258 e. The molecule has 4 heterocycles. The summed E-state index contributed by atoms with van der Waals surface area (Å²) in [6.45, 7) is 2.90. The van der Waals surface area contributed by atoms with E-state index in [0.29, 0.717) is 59.9 Å². The van der Waals surface area contributed by atoms with Gasteiger partial charge in [0, 0.05) is 43.7 Å². The van der Waals surface area contributed by atoms with Crippen LogP contribution in [0.25, 0.3) is 10.9 Å². The van der Waals surface area contributed by atoms with Crippen molar-refractivity contribution in [3.05, 3.63) is 92.8 Å². The fraction of sp³-hybridized carbons (Fsp3) is 0.269. The first-order valence-corrected chi connectivity index (χ1v) is 12.2. The molecule has 1 aromatic carbocycles. The number of rotatable bonds is 9. The molecular formula is C26H24ClFN6O3. The maximum atomic E-state index is 13.4. The first-order valence-electron chi connectivity index (χ1n) is 11.8. The third-order valence-corrected chi connectivity index (χ3v) is 6.36. The van der Waals surface area contributed by atoms with E-state index < -0.39 is 5.82 Å². The van der Waals surface area contributed by atoms with Gasteiger partial charge in [-0.1, -0.05) is 11.6 Å². The first kappa shape index (κ1) is 24.9. The summed E-state index contributed by atoms with van der Waals surface area (Å²) in [6, 6.07) is 9.26. The predicted octanol–water partition coefficient (Wildman–Crippen LogP) is 3.26. The number of halogens is 2. The molecule has 4 aromatic rings. The van der Waals surface area contributed by atoms with Crippen LogP contribution < -0.4 is 15.6 Å². The molecule has 2 N–H and O–H groups in total. The fourth-order valence-electron chi connectivity index (χ4n) is 4.25. The largest absolute Gasteiger partial charge is 0.486 e. The van der Waals surface area contributed by atoms with Gasteiger partial charge < -0.3 is 15.0 Å². The second-order valence-corrected chi connectivity index (χ2v) is 9.10. The van der Waals surface area contributed by atoms with Gasteiger partial charge in [-0.05, 0) is 43.3 Å². The number of benzene rings is 1. The molecule has 0 bridgehead atoms. The van der Waals surface area contributed by atoms with Crippen LogP contribution in [0.5, 0.6) is 5.75 Å². The standard InChI is InChI=1S/C26H24ClFN6O3/c27-19-11-16(4-5-20(19)28)37-15-24-32-25-18(26(36)33-24)6-9-31-21(25)12-29-7-2-10-34-13-22-17(23(35)14-34)3-1-8-30-22/h1,3-6,8-9,11,29H,2,7,10,12-15H2,(H,32,33,36). The van der Waals surface area contributed by atoms with E-state index in [0.717, 1.165) is 18.7 Å². The average Bonchev–Trinajstić information content (AvgIpc) is 2.89. The van der Waals surface area contributed by atoms with Crippen molar-refractivity contribution in [2.45, 2.75) is 26.1 Å². The monoisotopic (exact) mass is 522 g/mol. The highest BCUT2D eigenvalue weighted by molar-refractivity contribution is 6.30. The van der Waals surface area contributed by atoms with Gasteiger partial charge in [0.2, 0.25) is 0 Å². The van der Waals surface area contributed by atoms with Gasteiger partial charge in [0.25, 0.3) is 5.56 Å². The minimum atomic E-state index is -0.541. The SMILES string of the molecule is O=C1CN(CCCNCc2nccc3c(=O)[nH]c(COc4ccc(F)c(Cl)c4)nc23)Cc2ncccc21. The van der Waals surface area contributed by atoms with E-state index in [1.165, 1.54) is 18.2 Å². The second kappa shape index (κ2) is 11.1. The highest BCUT2D eigenvalue weighted by Gasteiger charge is 2.23. The van der Waals surface area contributed by atoms with Gasteiger partial charge in [0.05, 0.1) is 28.3 Å². The molecule has 1 aliphatic heterocycles. The summed E-state index contributed by atoms with van der Waals surface area (Å²) < 4.78 is 19.0. The molecule has 0 radical (unpaired) electrons. The zero-order valence-corrected chi connectivity index (χ0v) is 20.6. The van der Waals surface area contributed by atoms with Gasteiger partial charge in [-0.2, -0.15) is 0 Å². The van der Waals surface area contributed by atoms with Gasteiger partial charge in [-0.3, -0.25) is 24.5 Å². The van der Waals surface area contributed by atoms with Crippen LogP contribution in [-0.2, 0) is 19.7 Å². The molecule has 11 heteroatoms. The number of nitrogens with one attached hydrogen (secondary N) is 2. The van der Waals surface area contributed by atoms with Gasteiger partial charge >= 0.3 is 0 Å². The number of ketones is 1. The maximum absolute atomic E-state index is 13.4. The van der Waals surface area contributed by atoms with Crippen molar-refractivity contribution in [2.24, 2.45) is 0 Å². The van der Waals surface area contributed by atoms with Crippen LogP contribution in [0.15, 0.2) is 53.6 Å². The summed E-state index contributed by atoms with van der Waals surface area (Å²) >= 11 is 5.80. The average molecular weight is 523 g/mol. The van der Waals surface area contributed by atoms with Crippen LogP contribution >= 0.6 is 11.6 Å². The van der Waals surface area contributed by atoms with Crippen LogP contribution in [0, 0.1) is 5.82 Å². The quantitative estimate of drug-likeness (QED) is 0.322. The molecule has 0 spiro atoms. The normalized spacial score (nSPS) is 13.6. The number of H-pyrrole nitrogens is 1. The molecule has 190 valence electrons. The molecule has 0 aliphatic carbocycles. The number of pyridine rings is 2. The van der Waals surface area contributed by atoms with Crippen LogP contribution in [0.4, 0.5) is 4.39 Å². The van der Waals surface area contributed by atoms with E-state index >= 15 is 0 Å². The molecule has 0 saturated heterocycles. The molecule has 37 heavy (non-hydrogen) atoms. The van der Waals surface area contributed by atoms with Crippen molar-refractivity contribution >= 4 is 28.3 Å². The topological polar surface area (TPSA) is 113 Å². The first-order chi connectivity index (χ1) is 18.0. The molecule has 1 aliphatic rings. The lowest BCUT2D eigenvalue weighted by molar-refractivity contribution is 0.0897. The summed E-state index contributed by atoms with van der Waals surface area (Å²) in [5, 5.41) is 3.73. The van der Waals surface area contributed by atoms with Crippen molar-refractivity contribution in [3.8, 4) is 5.75 Å². The number of carbonyl (C=O) groups is 1. The molecule has 9 nitrogen and oxygen atoms in total. The Kier molecular flexibility index (Phi) is 7.50. The molecule has 5 rings (SSSR count). The van der Waals surface area contributed by atoms with Crippen molar-refractivity contribution in [2.75, 3.05) is 19.6 Å². The minimum absolute atomic E-state index is 0.0263. The maximum Gasteiger partial charge on any atom is 0.258 e. The van der Waals surface area contributed by atoms with Crippen LogP contribution in [-0.4, -0.2) is 50.3 Å². The number of fused-ring (bicyclic) bond motifs is 2. The summed E-state index contributed by atoms with van der Waals surface area (Å²) in [5.74, 6) is 0.231. The summed E-state index contributed by atoms with van der Waals surface area (Å²) in [4.78, 5) is 43.1. The van der Waals surface area contributed by atoms with Crippen LogP contribution in [0.2, 0.25) is 5.02 Å². The number of Topliss-reactive ketones (excluding diaryl/α,β-unsaturated/α-hetero) is 1. The Morgan fingerprint density at radius 3 is 2.89 bits per heavy atom. The highest BCUT2D eigenvalue weighted by Crippen LogP contribution is 2.22. The summed E-state index contributed by atoms with van der Waals surface area (Å²) in [5.41, 5.74) is 2.37. The van der Waals surface area contributed by atoms with E-state index in [1.807, 2.05) is 6.07 Å². The molecular weight excluding hydrogens is 499 g/mol. The van der Waals surface area contributed by atoms with Gasteiger partial charge in [-0.25, -0.2) is 9.37 Å². The van der Waals surface area contributed by atoms with Crippen molar-refractivity contribution in [1.82, 2.24) is 30.2 Å². The molecule has 3 aromatic heterocycles. The number of hydrogen-bond acceptors (Lipinski definition) is 8. The van der Waals surface area contributed by atoms with E-state index in [2.05, 4.69) is 30.2 Å². The Morgan fingerprint density at radius 2 is 2.03 bits per heavy atom. The highest BCUT2D eigenvalue weighted by atomic mass is 35.5. The molecule has 0 unspecified atom stereocenters. The fourth-order valence-corrected chi connectivity index (χ4v) is 4.42. The van der Waals surface area contributed by atoms with Crippen LogP contribution in [0.1, 0.15) is 34.0 Å². The van der Waals surface area contributed by atoms with Gasteiger partial charge in [-0.15, -0.1) is 0 Å². The summed E-state index contributed by atoms with van der Waals surface area (Å²) in [7, 11) is 0.